The highest BCUT2D eigenvalue weighted by Gasteiger charge is 2.20. The molecule has 12 heavy (non-hydrogen) atoms. The van der Waals surface area contributed by atoms with Crippen LogP contribution in [0.1, 0.15) is 0 Å². The SMILES string of the molecule is COP(=O)(CCOP(Cl)Cl)OC. The maximum atomic E-state index is 11.3. The third kappa shape index (κ3) is 5.71. The molecule has 0 aromatic carbocycles. The van der Waals surface area contributed by atoms with Gasteiger partial charge in [-0.3, -0.25) is 4.57 Å². The fourth-order valence-corrected chi connectivity index (χ4v) is 2.10. The lowest BCUT2D eigenvalue weighted by molar-refractivity contribution is 0.266. The molecule has 0 bridgehead atoms. The highest BCUT2D eigenvalue weighted by atomic mass is 35.9. The van der Waals surface area contributed by atoms with Gasteiger partial charge in [-0.05, 0) is 22.5 Å². The molecule has 0 heterocycles. The predicted octanol–water partition coefficient (Wildman–Crippen LogP) is 3.19. The van der Waals surface area contributed by atoms with Crippen LogP contribution in [0, 0.1) is 0 Å². The van der Waals surface area contributed by atoms with Crippen molar-refractivity contribution in [2.24, 2.45) is 0 Å². The van der Waals surface area contributed by atoms with Gasteiger partial charge in [0.05, 0.1) is 12.8 Å². The third-order valence-electron chi connectivity index (χ3n) is 1.11. The van der Waals surface area contributed by atoms with Crippen molar-refractivity contribution < 1.29 is 18.1 Å². The molecule has 0 aromatic rings. The first kappa shape index (κ1) is 13.1. The number of halogens is 2. The summed E-state index contributed by atoms with van der Waals surface area (Å²) in [5.74, 6) is 0. The first-order valence-corrected chi connectivity index (χ1v) is 7.79. The first-order valence-electron chi connectivity index (χ1n) is 2.99. The van der Waals surface area contributed by atoms with Crippen molar-refractivity contribution in [2.45, 2.75) is 0 Å². The Morgan fingerprint density at radius 2 is 1.83 bits per heavy atom. The molecule has 0 fully saturated rings. The van der Waals surface area contributed by atoms with E-state index in [1.54, 1.807) is 0 Å². The van der Waals surface area contributed by atoms with Gasteiger partial charge in [0, 0.05) is 14.2 Å². The second-order valence-electron chi connectivity index (χ2n) is 1.73. The van der Waals surface area contributed by atoms with E-state index in [0.717, 1.165) is 0 Å². The summed E-state index contributed by atoms with van der Waals surface area (Å²) in [6.45, 7) is -1.29. The molecule has 0 aliphatic carbocycles. The minimum Gasteiger partial charge on any atom is -0.331 e. The van der Waals surface area contributed by atoms with Crippen LogP contribution in [0.3, 0.4) is 0 Å². The lowest BCUT2D eigenvalue weighted by Gasteiger charge is -2.12. The van der Waals surface area contributed by atoms with E-state index in [1.807, 2.05) is 0 Å². The summed E-state index contributed by atoms with van der Waals surface area (Å²) in [5, 5.41) is 0. The van der Waals surface area contributed by atoms with E-state index < -0.39 is 14.4 Å². The number of hydrogen-bond donors (Lipinski definition) is 0. The van der Waals surface area contributed by atoms with Crippen molar-refractivity contribution in [1.82, 2.24) is 0 Å². The highest BCUT2D eigenvalue weighted by molar-refractivity contribution is 8.00. The Balaban J connectivity index is 3.67. The molecule has 0 saturated heterocycles. The van der Waals surface area contributed by atoms with Crippen molar-refractivity contribution in [1.29, 1.82) is 0 Å². The molecule has 4 nitrogen and oxygen atoms in total. The van der Waals surface area contributed by atoms with E-state index in [0.29, 0.717) is 0 Å². The van der Waals surface area contributed by atoms with Crippen molar-refractivity contribution in [3.8, 4) is 0 Å². The third-order valence-corrected chi connectivity index (χ3v) is 3.92. The number of rotatable bonds is 6. The van der Waals surface area contributed by atoms with Crippen LogP contribution >= 0.6 is 36.9 Å². The van der Waals surface area contributed by atoms with Crippen molar-refractivity contribution in [3.63, 3.8) is 0 Å². The second kappa shape index (κ2) is 6.56. The van der Waals surface area contributed by atoms with Crippen LogP contribution in [-0.2, 0) is 18.1 Å². The Labute approximate surface area is 82.4 Å². The summed E-state index contributed by atoms with van der Waals surface area (Å²) in [7, 11) is -0.341. The Bertz CT molecular complexity index is 157. The zero-order valence-corrected chi connectivity index (χ0v) is 10.00. The van der Waals surface area contributed by atoms with Gasteiger partial charge in [0.15, 0.2) is 0 Å². The van der Waals surface area contributed by atoms with Crippen molar-refractivity contribution >= 4 is 36.9 Å². The van der Waals surface area contributed by atoms with E-state index in [1.165, 1.54) is 14.2 Å². The maximum Gasteiger partial charge on any atom is 0.332 e. The predicted molar refractivity (Wildman–Crippen MR) is 51.1 cm³/mol. The number of hydrogen-bond acceptors (Lipinski definition) is 4. The van der Waals surface area contributed by atoms with E-state index in [-0.39, 0.29) is 12.8 Å². The zero-order chi connectivity index (χ0) is 9.61. The molecule has 0 spiro atoms. The molecule has 0 saturated carbocycles. The summed E-state index contributed by atoms with van der Waals surface area (Å²) >= 11 is 10.7. The monoisotopic (exact) mass is 254 g/mol. The molecule has 0 amide bonds. The van der Waals surface area contributed by atoms with E-state index in [4.69, 9.17) is 27.0 Å². The van der Waals surface area contributed by atoms with Crippen LogP contribution in [-0.4, -0.2) is 27.0 Å². The van der Waals surface area contributed by atoms with Gasteiger partial charge in [0.25, 0.3) is 0 Å². The summed E-state index contributed by atoms with van der Waals surface area (Å²) in [6.07, 6.45) is 0.151. The minimum absolute atomic E-state index is 0.151. The van der Waals surface area contributed by atoms with Crippen LogP contribution in [0.25, 0.3) is 0 Å². The quantitative estimate of drug-likeness (QED) is 0.683. The van der Waals surface area contributed by atoms with Gasteiger partial charge < -0.3 is 13.6 Å². The van der Waals surface area contributed by atoms with Gasteiger partial charge in [0.2, 0.25) is 6.85 Å². The summed E-state index contributed by atoms with van der Waals surface area (Å²) in [5.41, 5.74) is 0. The van der Waals surface area contributed by atoms with Gasteiger partial charge in [-0.1, -0.05) is 0 Å². The molecule has 0 unspecified atom stereocenters. The standard InChI is InChI=1S/C4H10Cl2O4P2/c1-8-12(7,9-2)4-3-10-11(5)6/h3-4H2,1-2H3. The fourth-order valence-electron chi connectivity index (χ4n) is 0.479. The normalized spacial score (nSPS) is 12.4. The Morgan fingerprint density at radius 3 is 2.17 bits per heavy atom. The van der Waals surface area contributed by atoms with Gasteiger partial charge in [-0.2, -0.15) is 0 Å². The summed E-state index contributed by atoms with van der Waals surface area (Å²) in [4.78, 5) is 0. The Hall–Kier alpha value is 1.12. The molecule has 0 N–H and O–H groups in total. The molecule has 8 heteroatoms. The first-order chi connectivity index (χ1) is 5.54. The second-order valence-corrected chi connectivity index (χ2v) is 7.16. The average Bonchev–Trinajstić information content (AvgIpc) is 2.03. The molecule has 0 atom stereocenters. The maximum absolute atomic E-state index is 11.3. The molecule has 0 aliphatic rings. The van der Waals surface area contributed by atoms with Crippen LogP contribution in [0.4, 0.5) is 0 Å². The Kier molecular flexibility index (Phi) is 7.17. The van der Waals surface area contributed by atoms with Gasteiger partial charge in [-0.25, -0.2) is 0 Å². The van der Waals surface area contributed by atoms with E-state index >= 15 is 0 Å². The lowest BCUT2D eigenvalue weighted by atomic mass is 10.9. The van der Waals surface area contributed by atoms with Crippen molar-refractivity contribution in [2.75, 3.05) is 27.0 Å². The topological polar surface area (TPSA) is 44.8 Å². The molecule has 0 aliphatic heterocycles. The fraction of sp³-hybridized carbons (Fsp3) is 1.00. The van der Waals surface area contributed by atoms with E-state index in [2.05, 4.69) is 9.05 Å². The molecule has 0 aromatic heterocycles. The van der Waals surface area contributed by atoms with Crippen molar-refractivity contribution in [3.05, 3.63) is 0 Å². The summed E-state index contributed by atoms with van der Waals surface area (Å²) < 4.78 is 25.4. The van der Waals surface area contributed by atoms with Crippen LogP contribution in [0.2, 0.25) is 0 Å². The minimum atomic E-state index is -2.97. The van der Waals surface area contributed by atoms with Gasteiger partial charge in [-0.15, -0.1) is 0 Å². The molecule has 0 radical (unpaired) electrons. The highest BCUT2D eigenvalue weighted by Crippen LogP contribution is 2.50. The van der Waals surface area contributed by atoms with Crippen LogP contribution in [0.15, 0.2) is 0 Å². The largest absolute Gasteiger partial charge is 0.332 e. The molecular weight excluding hydrogens is 245 g/mol. The van der Waals surface area contributed by atoms with E-state index in [9.17, 15) is 4.57 Å². The molecular formula is C4H10Cl2O4P2. The average molecular weight is 255 g/mol. The van der Waals surface area contributed by atoms with Crippen LogP contribution in [0.5, 0.6) is 0 Å². The van der Waals surface area contributed by atoms with Gasteiger partial charge >= 0.3 is 7.60 Å². The lowest BCUT2D eigenvalue weighted by Crippen LogP contribution is -1.99. The smallest absolute Gasteiger partial charge is 0.331 e. The van der Waals surface area contributed by atoms with Crippen LogP contribution < -0.4 is 0 Å². The summed E-state index contributed by atoms with van der Waals surface area (Å²) in [6, 6.07) is 0. The van der Waals surface area contributed by atoms with Gasteiger partial charge in [0.1, 0.15) is 0 Å². The molecule has 0 rings (SSSR count). The molecule has 74 valence electrons. The Morgan fingerprint density at radius 1 is 1.33 bits per heavy atom. The zero-order valence-electron chi connectivity index (χ0n) is 6.70.